The Bertz CT molecular complexity index is 688. The molecule has 26 heavy (non-hydrogen) atoms. The van der Waals surface area contributed by atoms with Gasteiger partial charge < -0.3 is 15.5 Å². The Labute approximate surface area is 156 Å². The van der Waals surface area contributed by atoms with E-state index >= 15 is 0 Å². The second kappa shape index (κ2) is 6.88. The number of aliphatic carboxylic acids is 1. The zero-order valence-corrected chi connectivity index (χ0v) is 15.7. The summed E-state index contributed by atoms with van der Waals surface area (Å²) in [6.45, 7) is 3.29. The maximum absolute atomic E-state index is 10.7. The van der Waals surface area contributed by atoms with Crippen molar-refractivity contribution in [1.82, 2.24) is 5.32 Å². The van der Waals surface area contributed by atoms with E-state index in [4.69, 9.17) is 5.11 Å². The van der Waals surface area contributed by atoms with Crippen LogP contribution in [0.3, 0.4) is 0 Å². The average Bonchev–Trinajstić information content (AvgIpc) is 2.94. The number of nitrogens with one attached hydrogen (secondary N) is 1. The normalized spacial score (nSPS) is 35.4. The van der Waals surface area contributed by atoms with Crippen LogP contribution in [-0.4, -0.2) is 28.8 Å². The Hall–Kier alpha value is -1.55. The quantitative estimate of drug-likeness (QED) is 0.695. The minimum absolute atomic E-state index is 0.258. The number of phenolic OH excluding ortho intramolecular Hbond substituents is 1. The van der Waals surface area contributed by atoms with Crippen molar-refractivity contribution in [3.63, 3.8) is 0 Å². The average molecular weight is 357 g/mol. The van der Waals surface area contributed by atoms with Crippen molar-refractivity contribution in [2.75, 3.05) is 6.54 Å². The molecule has 3 aliphatic rings. The van der Waals surface area contributed by atoms with Gasteiger partial charge >= 0.3 is 5.97 Å². The van der Waals surface area contributed by atoms with Crippen LogP contribution in [0.4, 0.5) is 0 Å². The molecule has 4 rings (SSSR count). The largest absolute Gasteiger partial charge is 0.508 e. The van der Waals surface area contributed by atoms with Gasteiger partial charge in [-0.05, 0) is 97.9 Å². The van der Waals surface area contributed by atoms with E-state index < -0.39 is 5.97 Å². The standard InChI is InChI=1S/C22H31NO3/c1-22-11-10-17-16-7-5-15(24)13-14(16)4-6-18(17)19(22)8-9-20(22)23-12-2-3-21(25)26/h5,7,13,17-20,23-24H,2-4,6,8-12H2,1H3,(H,25,26)/t17?,18?,19?,20-,22-/m0/s1. The number of aryl methyl sites for hydroxylation is 1. The summed E-state index contributed by atoms with van der Waals surface area (Å²) in [5.74, 6) is 1.88. The Morgan fingerprint density at radius 3 is 2.92 bits per heavy atom. The topological polar surface area (TPSA) is 69.6 Å². The van der Waals surface area contributed by atoms with Gasteiger partial charge in [-0.15, -0.1) is 0 Å². The van der Waals surface area contributed by atoms with Crippen LogP contribution in [0.2, 0.25) is 0 Å². The van der Waals surface area contributed by atoms with Crippen molar-refractivity contribution in [3.8, 4) is 5.75 Å². The first-order valence-electron chi connectivity index (χ1n) is 10.3. The number of aromatic hydroxyl groups is 1. The predicted molar refractivity (Wildman–Crippen MR) is 101 cm³/mol. The van der Waals surface area contributed by atoms with Crippen molar-refractivity contribution in [2.24, 2.45) is 17.3 Å². The molecular weight excluding hydrogens is 326 g/mol. The van der Waals surface area contributed by atoms with Gasteiger partial charge in [0.1, 0.15) is 5.75 Å². The highest BCUT2D eigenvalue weighted by atomic mass is 16.4. The van der Waals surface area contributed by atoms with Crippen LogP contribution in [0, 0.1) is 17.3 Å². The smallest absolute Gasteiger partial charge is 0.303 e. The van der Waals surface area contributed by atoms with Crippen molar-refractivity contribution in [2.45, 2.75) is 70.3 Å². The van der Waals surface area contributed by atoms with Gasteiger partial charge in [0, 0.05) is 12.5 Å². The molecule has 0 heterocycles. The Morgan fingerprint density at radius 1 is 1.27 bits per heavy atom. The maximum atomic E-state index is 10.7. The molecule has 1 aromatic rings. The second-order valence-electron chi connectivity index (χ2n) is 8.92. The second-order valence-corrected chi connectivity index (χ2v) is 8.92. The highest BCUT2D eigenvalue weighted by Gasteiger charge is 2.54. The maximum Gasteiger partial charge on any atom is 0.303 e. The number of carboxylic acids is 1. The minimum Gasteiger partial charge on any atom is -0.508 e. The van der Waals surface area contributed by atoms with Crippen molar-refractivity contribution >= 4 is 5.97 Å². The van der Waals surface area contributed by atoms with Crippen LogP contribution >= 0.6 is 0 Å². The molecule has 0 saturated heterocycles. The highest BCUT2D eigenvalue weighted by Crippen LogP contribution is 2.60. The lowest BCUT2D eigenvalue weighted by atomic mass is 9.55. The molecule has 0 spiro atoms. The molecular formula is C22H31NO3. The Balaban J connectivity index is 1.46. The van der Waals surface area contributed by atoms with Gasteiger partial charge in [-0.25, -0.2) is 0 Å². The van der Waals surface area contributed by atoms with Gasteiger partial charge in [0.05, 0.1) is 0 Å². The van der Waals surface area contributed by atoms with Gasteiger partial charge in [-0.1, -0.05) is 13.0 Å². The molecule has 3 aliphatic carbocycles. The summed E-state index contributed by atoms with van der Waals surface area (Å²) >= 11 is 0. The third-order valence-electron chi connectivity index (χ3n) is 7.67. The van der Waals surface area contributed by atoms with E-state index in [-0.39, 0.29) is 6.42 Å². The molecule has 3 N–H and O–H groups in total. The van der Waals surface area contributed by atoms with E-state index in [1.54, 1.807) is 0 Å². The molecule has 0 amide bonds. The number of hydrogen-bond acceptors (Lipinski definition) is 3. The highest BCUT2D eigenvalue weighted by molar-refractivity contribution is 5.66. The van der Waals surface area contributed by atoms with Gasteiger partial charge in [0.2, 0.25) is 0 Å². The number of hydrogen-bond donors (Lipinski definition) is 3. The lowest BCUT2D eigenvalue weighted by Gasteiger charge is -2.51. The molecule has 4 nitrogen and oxygen atoms in total. The summed E-state index contributed by atoms with van der Waals surface area (Å²) in [7, 11) is 0. The fraction of sp³-hybridized carbons (Fsp3) is 0.682. The summed E-state index contributed by atoms with van der Waals surface area (Å²) in [6, 6.07) is 6.53. The molecule has 0 radical (unpaired) electrons. The van der Waals surface area contributed by atoms with E-state index in [1.165, 1.54) is 43.2 Å². The number of benzene rings is 1. The first kappa shape index (κ1) is 17.8. The first-order chi connectivity index (χ1) is 12.5. The SMILES string of the molecule is C[C@]12CCC3c4ccc(O)cc4CCC3C1CC[C@@H]2NCCCC(=O)O. The molecule has 2 saturated carbocycles. The van der Waals surface area contributed by atoms with Crippen LogP contribution in [-0.2, 0) is 11.2 Å². The van der Waals surface area contributed by atoms with Gasteiger partial charge in [0.25, 0.3) is 0 Å². The van der Waals surface area contributed by atoms with Gasteiger partial charge in [0.15, 0.2) is 0 Å². The van der Waals surface area contributed by atoms with Crippen LogP contribution < -0.4 is 5.32 Å². The molecule has 0 bridgehead atoms. The molecule has 142 valence electrons. The predicted octanol–water partition coefficient (Wildman–Crippen LogP) is 4.07. The number of carboxylic acid groups (broad SMARTS) is 1. The fourth-order valence-corrected chi connectivity index (χ4v) is 6.42. The molecule has 0 aliphatic heterocycles. The monoisotopic (exact) mass is 357 g/mol. The van der Waals surface area contributed by atoms with E-state index in [9.17, 15) is 9.90 Å². The third kappa shape index (κ3) is 3.02. The van der Waals surface area contributed by atoms with Crippen molar-refractivity contribution in [3.05, 3.63) is 29.3 Å². The van der Waals surface area contributed by atoms with E-state index in [1.807, 2.05) is 12.1 Å². The zero-order chi connectivity index (χ0) is 18.3. The molecule has 0 aromatic heterocycles. The summed E-state index contributed by atoms with van der Waals surface area (Å²) in [5.41, 5.74) is 3.19. The third-order valence-corrected chi connectivity index (χ3v) is 7.67. The van der Waals surface area contributed by atoms with E-state index in [0.29, 0.717) is 23.1 Å². The minimum atomic E-state index is -0.699. The summed E-state index contributed by atoms with van der Waals surface area (Å²) in [4.78, 5) is 10.7. The van der Waals surface area contributed by atoms with Crippen LogP contribution in [0.5, 0.6) is 5.75 Å². The molecule has 5 atom stereocenters. The van der Waals surface area contributed by atoms with Crippen molar-refractivity contribution in [1.29, 1.82) is 0 Å². The van der Waals surface area contributed by atoms with E-state index in [0.717, 1.165) is 31.2 Å². The summed E-state index contributed by atoms with van der Waals surface area (Å²) in [6.07, 6.45) is 8.31. The number of phenols is 1. The number of carbonyl (C=O) groups is 1. The van der Waals surface area contributed by atoms with E-state index in [2.05, 4.69) is 18.3 Å². The summed E-state index contributed by atoms with van der Waals surface area (Å²) in [5, 5.41) is 22.3. The van der Waals surface area contributed by atoms with Crippen molar-refractivity contribution < 1.29 is 15.0 Å². The van der Waals surface area contributed by atoms with Gasteiger partial charge in [-0.2, -0.15) is 0 Å². The number of rotatable bonds is 5. The Morgan fingerprint density at radius 2 is 2.12 bits per heavy atom. The summed E-state index contributed by atoms with van der Waals surface area (Å²) < 4.78 is 0. The number of fused-ring (bicyclic) bond motifs is 5. The Kier molecular flexibility index (Phi) is 4.72. The van der Waals surface area contributed by atoms with Crippen LogP contribution in [0.25, 0.3) is 0 Å². The molecule has 2 fully saturated rings. The fourth-order valence-electron chi connectivity index (χ4n) is 6.42. The van der Waals surface area contributed by atoms with Gasteiger partial charge in [-0.3, -0.25) is 4.79 Å². The molecule has 3 unspecified atom stereocenters. The molecule has 1 aromatic carbocycles. The molecule has 4 heteroatoms. The lowest BCUT2D eigenvalue weighted by molar-refractivity contribution is -0.137. The first-order valence-corrected chi connectivity index (χ1v) is 10.3. The lowest BCUT2D eigenvalue weighted by Crippen LogP contribution is -2.48. The van der Waals surface area contributed by atoms with Crippen LogP contribution in [0.1, 0.15) is 68.9 Å². The zero-order valence-electron chi connectivity index (χ0n) is 15.7. The van der Waals surface area contributed by atoms with Crippen LogP contribution in [0.15, 0.2) is 18.2 Å².